The highest BCUT2D eigenvalue weighted by Gasteiger charge is 2.09. The molecule has 1 aromatic rings. The van der Waals surface area contributed by atoms with Crippen molar-refractivity contribution in [3.8, 4) is 0 Å². The van der Waals surface area contributed by atoms with E-state index in [1.165, 1.54) is 11.3 Å². The Balaban J connectivity index is 0.00000121. The standard InChI is InChI=1S/C6H8N2O2S.ClH/c1-2-10-5(9)4-3-11-6(7)8-4;/h3H,2H2,1H3,(H2,7,8);1H. The average molecular weight is 209 g/mol. The molecule has 4 nitrogen and oxygen atoms in total. The molecule has 0 aliphatic rings. The number of hydrogen-bond donors (Lipinski definition) is 1. The zero-order chi connectivity index (χ0) is 8.27. The van der Waals surface area contributed by atoms with Gasteiger partial charge in [-0.1, -0.05) is 0 Å². The van der Waals surface area contributed by atoms with E-state index in [1.54, 1.807) is 12.3 Å². The Morgan fingerprint density at radius 1 is 1.83 bits per heavy atom. The molecule has 0 bridgehead atoms. The zero-order valence-electron chi connectivity index (χ0n) is 6.44. The van der Waals surface area contributed by atoms with Crippen molar-refractivity contribution in [3.63, 3.8) is 0 Å². The van der Waals surface area contributed by atoms with Gasteiger partial charge in [0.2, 0.25) is 0 Å². The summed E-state index contributed by atoms with van der Waals surface area (Å²) in [5.41, 5.74) is 5.60. The molecule has 1 aromatic heterocycles. The van der Waals surface area contributed by atoms with Crippen LogP contribution in [0.25, 0.3) is 0 Å². The molecule has 0 aliphatic carbocycles. The summed E-state index contributed by atoms with van der Waals surface area (Å²) < 4.78 is 4.69. The Hall–Kier alpha value is -0.810. The van der Waals surface area contributed by atoms with Gasteiger partial charge in [-0.05, 0) is 6.92 Å². The number of rotatable bonds is 2. The number of nitrogens with two attached hydrogens (primary N) is 1. The predicted molar refractivity (Wildman–Crippen MR) is 49.7 cm³/mol. The van der Waals surface area contributed by atoms with Crippen molar-refractivity contribution < 1.29 is 9.53 Å². The molecule has 0 unspecified atom stereocenters. The van der Waals surface area contributed by atoms with E-state index in [9.17, 15) is 4.79 Å². The molecule has 0 amide bonds. The van der Waals surface area contributed by atoms with Gasteiger partial charge >= 0.3 is 5.97 Å². The topological polar surface area (TPSA) is 65.2 Å². The summed E-state index contributed by atoms with van der Waals surface area (Å²) in [4.78, 5) is 14.7. The molecule has 1 heterocycles. The number of aromatic nitrogens is 1. The molecular weight excluding hydrogens is 200 g/mol. The fourth-order valence-electron chi connectivity index (χ4n) is 0.586. The molecule has 12 heavy (non-hydrogen) atoms. The van der Waals surface area contributed by atoms with Crippen molar-refractivity contribution in [3.05, 3.63) is 11.1 Å². The van der Waals surface area contributed by atoms with Crippen LogP contribution in [-0.4, -0.2) is 17.6 Å². The van der Waals surface area contributed by atoms with Gasteiger partial charge in [0, 0.05) is 5.38 Å². The van der Waals surface area contributed by atoms with Crippen molar-refractivity contribution in [2.45, 2.75) is 6.92 Å². The van der Waals surface area contributed by atoms with Crippen LogP contribution in [0.5, 0.6) is 0 Å². The summed E-state index contributed by atoms with van der Waals surface area (Å²) in [5, 5.41) is 1.96. The normalized spacial score (nSPS) is 8.75. The number of ether oxygens (including phenoxy) is 1. The third-order valence-corrected chi connectivity index (χ3v) is 1.68. The Morgan fingerprint density at radius 3 is 2.92 bits per heavy atom. The van der Waals surface area contributed by atoms with Crippen LogP contribution in [0.3, 0.4) is 0 Å². The van der Waals surface area contributed by atoms with Crippen LogP contribution < -0.4 is 5.73 Å². The maximum atomic E-state index is 10.9. The summed E-state index contributed by atoms with van der Waals surface area (Å²) in [7, 11) is 0. The molecule has 0 spiro atoms. The molecule has 0 fully saturated rings. The number of esters is 1. The first-order valence-electron chi connectivity index (χ1n) is 3.12. The predicted octanol–water partition coefficient (Wildman–Crippen LogP) is 1.32. The van der Waals surface area contributed by atoms with Crippen LogP contribution in [0.1, 0.15) is 17.4 Å². The van der Waals surface area contributed by atoms with Gasteiger partial charge in [-0.3, -0.25) is 0 Å². The lowest BCUT2D eigenvalue weighted by Crippen LogP contribution is -2.04. The number of carbonyl (C=O) groups is 1. The van der Waals surface area contributed by atoms with Gasteiger partial charge in [0.25, 0.3) is 0 Å². The van der Waals surface area contributed by atoms with Crippen LogP contribution in [-0.2, 0) is 4.74 Å². The van der Waals surface area contributed by atoms with Gasteiger partial charge < -0.3 is 10.5 Å². The van der Waals surface area contributed by atoms with E-state index < -0.39 is 5.97 Å². The SMILES string of the molecule is CCOC(=O)c1csc(N)n1.Cl. The highest BCUT2D eigenvalue weighted by Crippen LogP contribution is 2.11. The molecular formula is C6H9ClN2O2S. The van der Waals surface area contributed by atoms with Gasteiger partial charge in [0.15, 0.2) is 10.8 Å². The van der Waals surface area contributed by atoms with E-state index >= 15 is 0 Å². The van der Waals surface area contributed by atoms with Gasteiger partial charge in [-0.2, -0.15) is 0 Å². The maximum Gasteiger partial charge on any atom is 0.357 e. The summed E-state index contributed by atoms with van der Waals surface area (Å²) in [5.74, 6) is -0.416. The summed E-state index contributed by atoms with van der Waals surface area (Å²) in [6.07, 6.45) is 0. The van der Waals surface area contributed by atoms with E-state index in [0.717, 1.165) is 0 Å². The molecule has 0 atom stereocenters. The number of anilines is 1. The molecule has 0 saturated carbocycles. The first-order valence-corrected chi connectivity index (χ1v) is 4.00. The van der Waals surface area contributed by atoms with Crippen LogP contribution in [0.15, 0.2) is 5.38 Å². The largest absolute Gasteiger partial charge is 0.461 e. The van der Waals surface area contributed by atoms with Crippen LogP contribution in [0, 0.1) is 0 Å². The molecule has 6 heteroatoms. The Kier molecular flexibility index (Phi) is 4.61. The smallest absolute Gasteiger partial charge is 0.357 e. The zero-order valence-corrected chi connectivity index (χ0v) is 8.08. The molecule has 68 valence electrons. The van der Waals surface area contributed by atoms with E-state index in [4.69, 9.17) is 10.5 Å². The second kappa shape index (κ2) is 4.95. The third kappa shape index (κ3) is 2.67. The van der Waals surface area contributed by atoms with Gasteiger partial charge in [-0.25, -0.2) is 9.78 Å². The molecule has 0 saturated heterocycles. The second-order valence-corrected chi connectivity index (χ2v) is 2.68. The number of halogens is 1. The van der Waals surface area contributed by atoms with Crippen molar-refractivity contribution in [2.75, 3.05) is 12.3 Å². The Bertz CT molecular complexity index is 264. The van der Waals surface area contributed by atoms with Crippen molar-refractivity contribution in [1.82, 2.24) is 4.98 Å². The summed E-state index contributed by atoms with van der Waals surface area (Å²) in [6, 6.07) is 0. The van der Waals surface area contributed by atoms with Gasteiger partial charge in [0.05, 0.1) is 6.61 Å². The minimum absolute atomic E-state index is 0. The number of thiazole rings is 1. The lowest BCUT2D eigenvalue weighted by molar-refractivity contribution is 0.0520. The quantitative estimate of drug-likeness (QED) is 0.745. The monoisotopic (exact) mass is 208 g/mol. The fraction of sp³-hybridized carbons (Fsp3) is 0.333. The average Bonchev–Trinajstić information content (AvgIpc) is 2.36. The number of nitrogens with zero attached hydrogens (tertiary/aromatic N) is 1. The highest BCUT2D eigenvalue weighted by atomic mass is 35.5. The van der Waals surface area contributed by atoms with Crippen LogP contribution in [0.4, 0.5) is 5.13 Å². The third-order valence-electron chi connectivity index (χ3n) is 1.01. The minimum atomic E-state index is -0.416. The highest BCUT2D eigenvalue weighted by molar-refractivity contribution is 7.13. The van der Waals surface area contributed by atoms with E-state index in [1.807, 2.05) is 0 Å². The molecule has 2 N–H and O–H groups in total. The Labute approximate surface area is 80.2 Å². The lowest BCUT2D eigenvalue weighted by atomic mass is 10.5. The first kappa shape index (κ1) is 11.2. The Morgan fingerprint density at radius 2 is 2.50 bits per heavy atom. The van der Waals surface area contributed by atoms with Crippen molar-refractivity contribution in [1.29, 1.82) is 0 Å². The number of carbonyl (C=O) groups excluding carboxylic acids is 1. The number of hydrogen-bond acceptors (Lipinski definition) is 5. The number of nitrogen functional groups attached to an aromatic ring is 1. The fourth-order valence-corrected chi connectivity index (χ4v) is 1.12. The van der Waals surface area contributed by atoms with Gasteiger partial charge in [-0.15, -0.1) is 23.7 Å². The first-order chi connectivity index (χ1) is 5.24. The van der Waals surface area contributed by atoms with Crippen molar-refractivity contribution >= 4 is 34.8 Å². The molecule has 0 radical (unpaired) electrons. The summed E-state index contributed by atoms with van der Waals surface area (Å²) >= 11 is 1.22. The van der Waals surface area contributed by atoms with E-state index in [-0.39, 0.29) is 18.1 Å². The van der Waals surface area contributed by atoms with Crippen molar-refractivity contribution in [2.24, 2.45) is 0 Å². The molecule has 1 rings (SSSR count). The maximum absolute atomic E-state index is 10.9. The molecule has 0 aromatic carbocycles. The van der Waals surface area contributed by atoms with Crippen LogP contribution >= 0.6 is 23.7 Å². The van der Waals surface area contributed by atoms with E-state index in [0.29, 0.717) is 11.7 Å². The molecule has 0 aliphatic heterocycles. The lowest BCUT2D eigenvalue weighted by Gasteiger charge is -1.95. The summed E-state index contributed by atoms with van der Waals surface area (Å²) in [6.45, 7) is 2.10. The van der Waals surface area contributed by atoms with Gasteiger partial charge in [0.1, 0.15) is 0 Å². The minimum Gasteiger partial charge on any atom is -0.461 e. The van der Waals surface area contributed by atoms with Crippen LogP contribution in [0.2, 0.25) is 0 Å². The van der Waals surface area contributed by atoms with E-state index in [2.05, 4.69) is 4.98 Å². The second-order valence-electron chi connectivity index (χ2n) is 1.79.